The van der Waals surface area contributed by atoms with E-state index in [2.05, 4.69) is 0 Å². The number of halogens is 1. The van der Waals surface area contributed by atoms with E-state index in [9.17, 15) is 12.8 Å². The molecule has 104 valence electrons. The number of nitrogens with zero attached hydrogens (tertiary/aromatic N) is 1. The van der Waals surface area contributed by atoms with Gasteiger partial charge >= 0.3 is 0 Å². The van der Waals surface area contributed by atoms with Crippen LogP contribution in [0, 0.1) is 5.82 Å². The van der Waals surface area contributed by atoms with Gasteiger partial charge in [0, 0.05) is 6.54 Å². The van der Waals surface area contributed by atoms with Crippen LogP contribution in [0.4, 0.5) is 10.1 Å². The van der Waals surface area contributed by atoms with Crippen LogP contribution in [0.15, 0.2) is 53.4 Å². The maximum absolute atomic E-state index is 14.1. The first-order chi connectivity index (χ1) is 9.60. The van der Waals surface area contributed by atoms with Gasteiger partial charge in [0.1, 0.15) is 5.82 Å². The first kappa shape index (κ1) is 13.1. The molecule has 2 aromatic carbocycles. The second-order valence-corrected chi connectivity index (χ2v) is 6.60. The zero-order chi connectivity index (χ0) is 14.2. The Morgan fingerprint density at radius 3 is 2.50 bits per heavy atom. The molecule has 3 nitrogen and oxygen atoms in total. The molecule has 0 radical (unpaired) electrons. The highest BCUT2D eigenvalue weighted by Crippen LogP contribution is 2.33. The monoisotopic (exact) mass is 291 g/mol. The molecule has 0 aromatic heterocycles. The Labute approximate surface area is 117 Å². The van der Waals surface area contributed by atoms with E-state index < -0.39 is 15.8 Å². The van der Waals surface area contributed by atoms with Crippen LogP contribution in [0.3, 0.4) is 0 Å². The fourth-order valence-electron chi connectivity index (χ4n) is 2.53. The van der Waals surface area contributed by atoms with Crippen molar-refractivity contribution in [3.8, 4) is 0 Å². The van der Waals surface area contributed by atoms with E-state index in [4.69, 9.17) is 0 Å². The lowest BCUT2D eigenvalue weighted by atomic mass is 10.0. The van der Waals surface area contributed by atoms with Crippen molar-refractivity contribution in [2.45, 2.75) is 17.7 Å². The third kappa shape index (κ3) is 2.08. The zero-order valence-corrected chi connectivity index (χ0v) is 11.6. The quantitative estimate of drug-likeness (QED) is 0.853. The molecule has 0 atom stereocenters. The van der Waals surface area contributed by atoms with Gasteiger partial charge < -0.3 is 0 Å². The minimum absolute atomic E-state index is 0.191. The molecular weight excluding hydrogens is 277 g/mol. The second kappa shape index (κ2) is 4.90. The number of anilines is 1. The van der Waals surface area contributed by atoms with E-state index in [0.29, 0.717) is 19.4 Å². The van der Waals surface area contributed by atoms with E-state index in [-0.39, 0.29) is 10.6 Å². The Morgan fingerprint density at radius 2 is 1.75 bits per heavy atom. The topological polar surface area (TPSA) is 37.4 Å². The lowest BCUT2D eigenvalue weighted by molar-refractivity contribution is 0.577. The van der Waals surface area contributed by atoms with Crippen molar-refractivity contribution in [3.63, 3.8) is 0 Å². The van der Waals surface area contributed by atoms with Gasteiger partial charge in [0.05, 0.1) is 10.6 Å². The standard InChI is InChI=1S/C15H14FNO2S/c16-14-10-4-6-12-7-5-11-17(15(12)14)20(18,19)13-8-2-1-3-9-13/h1-4,6,8-10H,5,7,11H2. The first-order valence-electron chi connectivity index (χ1n) is 6.46. The van der Waals surface area contributed by atoms with Crippen molar-refractivity contribution in [1.82, 2.24) is 0 Å². The molecule has 0 fully saturated rings. The summed E-state index contributed by atoms with van der Waals surface area (Å²) in [5.41, 5.74) is 0.943. The summed E-state index contributed by atoms with van der Waals surface area (Å²) in [5.74, 6) is -0.485. The van der Waals surface area contributed by atoms with Crippen LogP contribution in [0.1, 0.15) is 12.0 Å². The average Bonchev–Trinajstić information content (AvgIpc) is 2.48. The Hall–Kier alpha value is -1.88. The van der Waals surface area contributed by atoms with E-state index in [1.165, 1.54) is 22.5 Å². The molecule has 1 aliphatic rings. The van der Waals surface area contributed by atoms with Crippen LogP contribution in [0.5, 0.6) is 0 Å². The normalized spacial score (nSPS) is 14.9. The number of hydrogen-bond donors (Lipinski definition) is 0. The predicted octanol–water partition coefficient (Wildman–Crippen LogP) is 2.97. The SMILES string of the molecule is O=S(=O)(c1ccccc1)N1CCCc2cccc(F)c21. The van der Waals surface area contributed by atoms with Gasteiger partial charge in [-0.15, -0.1) is 0 Å². The molecule has 0 aliphatic carbocycles. The van der Waals surface area contributed by atoms with Gasteiger partial charge in [-0.05, 0) is 36.6 Å². The smallest absolute Gasteiger partial charge is 0.263 e. The molecule has 3 rings (SSSR count). The summed E-state index contributed by atoms with van der Waals surface area (Å²) in [4.78, 5) is 0.191. The molecule has 2 aromatic rings. The van der Waals surface area contributed by atoms with Crippen LogP contribution >= 0.6 is 0 Å². The molecule has 0 spiro atoms. The van der Waals surface area contributed by atoms with Gasteiger partial charge in [0.15, 0.2) is 0 Å². The number of para-hydroxylation sites is 1. The largest absolute Gasteiger partial charge is 0.264 e. The third-order valence-corrected chi connectivity index (χ3v) is 5.27. The van der Waals surface area contributed by atoms with E-state index in [1.807, 2.05) is 0 Å². The molecule has 0 bridgehead atoms. The highest BCUT2D eigenvalue weighted by molar-refractivity contribution is 7.92. The molecule has 0 N–H and O–H groups in total. The van der Waals surface area contributed by atoms with Gasteiger partial charge in [-0.25, -0.2) is 12.8 Å². The van der Waals surface area contributed by atoms with E-state index in [0.717, 1.165) is 5.56 Å². The van der Waals surface area contributed by atoms with E-state index in [1.54, 1.807) is 30.3 Å². The number of benzene rings is 2. The second-order valence-electron chi connectivity index (χ2n) is 4.74. The Kier molecular flexibility index (Phi) is 3.22. The maximum atomic E-state index is 14.1. The number of fused-ring (bicyclic) bond motifs is 1. The van der Waals surface area contributed by atoms with Crippen LogP contribution in [0.2, 0.25) is 0 Å². The maximum Gasteiger partial charge on any atom is 0.264 e. The molecule has 0 saturated heterocycles. The van der Waals surface area contributed by atoms with Crippen LogP contribution in [-0.4, -0.2) is 15.0 Å². The van der Waals surface area contributed by atoms with Crippen LogP contribution < -0.4 is 4.31 Å². The van der Waals surface area contributed by atoms with Crippen molar-refractivity contribution in [1.29, 1.82) is 0 Å². The number of hydrogen-bond acceptors (Lipinski definition) is 2. The summed E-state index contributed by atoms with van der Waals surface area (Å²) in [6, 6.07) is 12.9. The lowest BCUT2D eigenvalue weighted by Crippen LogP contribution is -2.36. The fraction of sp³-hybridized carbons (Fsp3) is 0.200. The van der Waals surface area contributed by atoms with Crippen LogP contribution in [-0.2, 0) is 16.4 Å². The van der Waals surface area contributed by atoms with Gasteiger partial charge in [0.2, 0.25) is 0 Å². The number of aryl methyl sites for hydroxylation is 1. The summed E-state index contributed by atoms with van der Waals surface area (Å²) in [6.45, 7) is 0.311. The predicted molar refractivity (Wildman–Crippen MR) is 75.7 cm³/mol. The molecule has 5 heteroatoms. The lowest BCUT2D eigenvalue weighted by Gasteiger charge is -2.30. The molecule has 20 heavy (non-hydrogen) atoms. The van der Waals surface area contributed by atoms with Gasteiger partial charge in [-0.3, -0.25) is 4.31 Å². The summed E-state index contributed by atoms with van der Waals surface area (Å²) < 4.78 is 40.6. The van der Waals surface area contributed by atoms with Crippen molar-refractivity contribution < 1.29 is 12.8 Å². The molecule has 0 unspecified atom stereocenters. The van der Waals surface area contributed by atoms with Gasteiger partial charge in [0.25, 0.3) is 10.0 Å². The van der Waals surface area contributed by atoms with E-state index >= 15 is 0 Å². The van der Waals surface area contributed by atoms with Crippen molar-refractivity contribution in [3.05, 3.63) is 59.9 Å². The van der Waals surface area contributed by atoms with Crippen LogP contribution in [0.25, 0.3) is 0 Å². The Morgan fingerprint density at radius 1 is 1.00 bits per heavy atom. The molecule has 0 saturated carbocycles. The minimum Gasteiger partial charge on any atom is -0.263 e. The fourth-order valence-corrected chi connectivity index (χ4v) is 4.10. The summed E-state index contributed by atoms with van der Waals surface area (Å²) in [5, 5.41) is 0. The highest BCUT2D eigenvalue weighted by atomic mass is 32.2. The molecule has 1 aliphatic heterocycles. The summed E-state index contributed by atoms with van der Waals surface area (Å²) in [6.07, 6.45) is 1.40. The highest BCUT2D eigenvalue weighted by Gasteiger charge is 2.31. The molecule has 0 amide bonds. The zero-order valence-electron chi connectivity index (χ0n) is 10.8. The summed E-state index contributed by atoms with van der Waals surface area (Å²) in [7, 11) is -3.70. The number of sulfonamides is 1. The van der Waals surface area contributed by atoms with Crippen molar-refractivity contribution in [2.75, 3.05) is 10.8 Å². The summed E-state index contributed by atoms with van der Waals surface area (Å²) >= 11 is 0. The molecule has 1 heterocycles. The minimum atomic E-state index is -3.70. The first-order valence-corrected chi connectivity index (χ1v) is 7.90. The Bertz CT molecular complexity index is 729. The molecular formula is C15H14FNO2S. The van der Waals surface area contributed by atoms with Crippen molar-refractivity contribution >= 4 is 15.7 Å². The van der Waals surface area contributed by atoms with Gasteiger partial charge in [-0.2, -0.15) is 0 Å². The average molecular weight is 291 g/mol. The number of rotatable bonds is 2. The third-order valence-electron chi connectivity index (χ3n) is 3.46. The van der Waals surface area contributed by atoms with Gasteiger partial charge in [-0.1, -0.05) is 30.3 Å². The van der Waals surface area contributed by atoms with Crippen molar-refractivity contribution in [2.24, 2.45) is 0 Å². The Balaban J connectivity index is 2.14.